The molecule has 0 fully saturated rings. The summed E-state index contributed by atoms with van der Waals surface area (Å²) in [5, 5.41) is 5.79. The lowest BCUT2D eigenvalue weighted by molar-refractivity contribution is 0.598. The van der Waals surface area contributed by atoms with Crippen molar-refractivity contribution in [3.8, 4) is 0 Å². The van der Waals surface area contributed by atoms with Crippen LogP contribution in [0.15, 0.2) is 18.2 Å². The van der Waals surface area contributed by atoms with Gasteiger partial charge in [0.25, 0.3) is 0 Å². The van der Waals surface area contributed by atoms with E-state index in [0.717, 1.165) is 18.7 Å². The molecule has 2 N–H and O–H groups in total. The molecule has 0 aliphatic heterocycles. The van der Waals surface area contributed by atoms with Gasteiger partial charge < -0.3 is 5.73 Å². The first kappa shape index (κ1) is 10.2. The third kappa shape index (κ3) is 1.88. The first-order valence-corrected chi connectivity index (χ1v) is 5.36. The SMILES string of the molecule is Cc1ccc2c(c1)c(C)nn2CCCN. The molecular formula is C12H17N3. The van der Waals surface area contributed by atoms with E-state index in [2.05, 4.69) is 41.8 Å². The van der Waals surface area contributed by atoms with Crippen LogP contribution in [-0.2, 0) is 6.54 Å². The van der Waals surface area contributed by atoms with Gasteiger partial charge in [-0.25, -0.2) is 0 Å². The second-order valence-electron chi connectivity index (χ2n) is 3.97. The molecule has 0 radical (unpaired) electrons. The minimum Gasteiger partial charge on any atom is -0.330 e. The number of hydrogen-bond acceptors (Lipinski definition) is 2. The number of nitrogens with zero attached hydrogens (tertiary/aromatic N) is 2. The molecular weight excluding hydrogens is 186 g/mol. The van der Waals surface area contributed by atoms with Crippen molar-refractivity contribution in [2.75, 3.05) is 6.54 Å². The fourth-order valence-electron chi connectivity index (χ4n) is 1.87. The molecule has 1 heterocycles. The minimum absolute atomic E-state index is 0.715. The second-order valence-corrected chi connectivity index (χ2v) is 3.97. The van der Waals surface area contributed by atoms with Crippen LogP contribution in [0.4, 0.5) is 0 Å². The molecule has 3 heteroatoms. The first-order chi connectivity index (χ1) is 7.22. The molecule has 2 rings (SSSR count). The maximum absolute atomic E-state index is 5.51. The van der Waals surface area contributed by atoms with Gasteiger partial charge in [0.05, 0.1) is 11.2 Å². The van der Waals surface area contributed by atoms with E-state index in [1.807, 2.05) is 0 Å². The first-order valence-electron chi connectivity index (χ1n) is 5.36. The van der Waals surface area contributed by atoms with E-state index < -0.39 is 0 Å². The summed E-state index contributed by atoms with van der Waals surface area (Å²) >= 11 is 0. The Labute approximate surface area is 89.9 Å². The molecule has 0 atom stereocenters. The topological polar surface area (TPSA) is 43.8 Å². The number of rotatable bonds is 3. The maximum Gasteiger partial charge on any atom is 0.0685 e. The maximum atomic E-state index is 5.51. The molecule has 1 aromatic carbocycles. The summed E-state index contributed by atoms with van der Waals surface area (Å²) in [6.45, 7) is 5.78. The van der Waals surface area contributed by atoms with Gasteiger partial charge in [-0.1, -0.05) is 11.6 Å². The van der Waals surface area contributed by atoms with Crippen LogP contribution in [0.25, 0.3) is 10.9 Å². The Balaban J connectivity index is 2.48. The molecule has 15 heavy (non-hydrogen) atoms. The molecule has 3 nitrogen and oxygen atoms in total. The van der Waals surface area contributed by atoms with Gasteiger partial charge in [0.1, 0.15) is 0 Å². The number of aryl methyl sites for hydroxylation is 3. The van der Waals surface area contributed by atoms with Crippen LogP contribution in [0.1, 0.15) is 17.7 Å². The van der Waals surface area contributed by atoms with Crippen LogP contribution in [0.5, 0.6) is 0 Å². The lowest BCUT2D eigenvalue weighted by atomic mass is 10.1. The number of fused-ring (bicyclic) bond motifs is 1. The highest BCUT2D eigenvalue weighted by Crippen LogP contribution is 2.19. The van der Waals surface area contributed by atoms with E-state index in [0.29, 0.717) is 6.54 Å². The lowest BCUT2D eigenvalue weighted by Crippen LogP contribution is -2.06. The average Bonchev–Trinajstić information content (AvgIpc) is 2.53. The number of aromatic nitrogens is 2. The van der Waals surface area contributed by atoms with Gasteiger partial charge in [0.2, 0.25) is 0 Å². The van der Waals surface area contributed by atoms with Crippen LogP contribution in [0, 0.1) is 13.8 Å². The molecule has 0 aliphatic rings. The zero-order valence-electron chi connectivity index (χ0n) is 9.33. The molecule has 0 spiro atoms. The van der Waals surface area contributed by atoms with E-state index in [1.54, 1.807) is 0 Å². The Morgan fingerprint density at radius 1 is 1.33 bits per heavy atom. The normalized spacial score (nSPS) is 11.1. The summed E-state index contributed by atoms with van der Waals surface area (Å²) in [7, 11) is 0. The molecule has 2 aromatic rings. The number of hydrogen-bond donors (Lipinski definition) is 1. The van der Waals surface area contributed by atoms with Crippen LogP contribution < -0.4 is 5.73 Å². The second kappa shape index (κ2) is 4.03. The summed E-state index contributed by atoms with van der Waals surface area (Å²) in [5.74, 6) is 0. The summed E-state index contributed by atoms with van der Waals surface area (Å²) in [4.78, 5) is 0. The Kier molecular flexibility index (Phi) is 2.73. The highest BCUT2D eigenvalue weighted by molar-refractivity contribution is 5.82. The van der Waals surface area contributed by atoms with Crippen molar-refractivity contribution in [2.45, 2.75) is 26.8 Å². The third-order valence-electron chi connectivity index (χ3n) is 2.66. The zero-order chi connectivity index (χ0) is 10.8. The van der Waals surface area contributed by atoms with Crippen LogP contribution >= 0.6 is 0 Å². The standard InChI is InChI=1S/C12H17N3/c1-9-4-5-12-11(8-9)10(2)14-15(12)7-3-6-13/h4-5,8H,3,6-7,13H2,1-2H3. The molecule has 0 amide bonds. The van der Waals surface area contributed by atoms with Crippen molar-refractivity contribution in [3.63, 3.8) is 0 Å². The van der Waals surface area contributed by atoms with Crippen molar-refractivity contribution < 1.29 is 0 Å². The predicted molar refractivity (Wildman–Crippen MR) is 62.9 cm³/mol. The molecule has 0 saturated carbocycles. The van der Waals surface area contributed by atoms with E-state index in [1.165, 1.54) is 16.5 Å². The van der Waals surface area contributed by atoms with Gasteiger partial charge in [-0.3, -0.25) is 4.68 Å². The number of benzene rings is 1. The minimum atomic E-state index is 0.715. The Hall–Kier alpha value is -1.35. The fraction of sp³-hybridized carbons (Fsp3) is 0.417. The largest absolute Gasteiger partial charge is 0.330 e. The van der Waals surface area contributed by atoms with E-state index >= 15 is 0 Å². The highest BCUT2D eigenvalue weighted by Gasteiger charge is 2.06. The fourth-order valence-corrected chi connectivity index (χ4v) is 1.87. The summed E-state index contributed by atoms with van der Waals surface area (Å²) in [6, 6.07) is 6.46. The molecule has 0 bridgehead atoms. The monoisotopic (exact) mass is 203 g/mol. The van der Waals surface area contributed by atoms with Crippen molar-refractivity contribution in [2.24, 2.45) is 5.73 Å². The smallest absolute Gasteiger partial charge is 0.0685 e. The molecule has 80 valence electrons. The van der Waals surface area contributed by atoms with Gasteiger partial charge in [-0.15, -0.1) is 0 Å². The summed E-state index contributed by atoms with van der Waals surface area (Å²) in [6.07, 6.45) is 0.976. The lowest BCUT2D eigenvalue weighted by Gasteiger charge is -2.01. The third-order valence-corrected chi connectivity index (χ3v) is 2.66. The van der Waals surface area contributed by atoms with E-state index in [9.17, 15) is 0 Å². The predicted octanol–water partition coefficient (Wildman–Crippen LogP) is 2.00. The Morgan fingerprint density at radius 3 is 2.87 bits per heavy atom. The van der Waals surface area contributed by atoms with E-state index in [4.69, 9.17) is 5.73 Å². The molecule has 0 unspecified atom stereocenters. The van der Waals surface area contributed by atoms with Gasteiger partial charge in [-0.05, 0) is 38.9 Å². The van der Waals surface area contributed by atoms with Crippen molar-refractivity contribution in [1.82, 2.24) is 9.78 Å². The van der Waals surface area contributed by atoms with E-state index in [-0.39, 0.29) is 0 Å². The average molecular weight is 203 g/mol. The highest BCUT2D eigenvalue weighted by atomic mass is 15.3. The van der Waals surface area contributed by atoms with Crippen molar-refractivity contribution in [1.29, 1.82) is 0 Å². The van der Waals surface area contributed by atoms with Crippen molar-refractivity contribution in [3.05, 3.63) is 29.5 Å². The summed E-state index contributed by atoms with van der Waals surface area (Å²) < 4.78 is 2.05. The Morgan fingerprint density at radius 2 is 2.13 bits per heavy atom. The zero-order valence-corrected chi connectivity index (χ0v) is 9.33. The van der Waals surface area contributed by atoms with Crippen LogP contribution in [0.3, 0.4) is 0 Å². The molecule has 1 aromatic heterocycles. The number of nitrogens with two attached hydrogens (primary N) is 1. The summed E-state index contributed by atoms with van der Waals surface area (Å²) in [5.41, 5.74) is 9.11. The van der Waals surface area contributed by atoms with Gasteiger partial charge in [-0.2, -0.15) is 5.10 Å². The molecule has 0 saturated heterocycles. The van der Waals surface area contributed by atoms with Crippen LogP contribution in [0.2, 0.25) is 0 Å². The van der Waals surface area contributed by atoms with Crippen molar-refractivity contribution >= 4 is 10.9 Å². The van der Waals surface area contributed by atoms with Gasteiger partial charge >= 0.3 is 0 Å². The Bertz CT molecular complexity index is 471. The van der Waals surface area contributed by atoms with Gasteiger partial charge in [0, 0.05) is 11.9 Å². The molecule has 0 aliphatic carbocycles. The van der Waals surface area contributed by atoms with Gasteiger partial charge in [0.15, 0.2) is 0 Å². The quantitative estimate of drug-likeness (QED) is 0.829. The van der Waals surface area contributed by atoms with Crippen LogP contribution in [-0.4, -0.2) is 16.3 Å².